The summed E-state index contributed by atoms with van der Waals surface area (Å²) in [5, 5.41) is 4.38. The summed E-state index contributed by atoms with van der Waals surface area (Å²) in [6, 6.07) is 7.35. The molecule has 3 heterocycles. The standard InChI is InChI=1S/C21H26N4O4/c1-14-16(15(2)23(3)22-14)12-20(26)24-8-10-25(11-9-24)21(27)19-13-28-17-6-4-5-7-18(17)29-19/h4-7,19H,8-13H2,1-3H3/t19-/m1/s1. The van der Waals surface area contributed by atoms with E-state index in [9.17, 15) is 9.59 Å². The van der Waals surface area contributed by atoms with Gasteiger partial charge in [-0.3, -0.25) is 14.3 Å². The summed E-state index contributed by atoms with van der Waals surface area (Å²) in [4.78, 5) is 29.1. The SMILES string of the molecule is Cc1nn(C)c(C)c1CC(=O)N1CCN(C(=O)[C@H]2COc3ccccc3O2)CC1. The maximum Gasteiger partial charge on any atom is 0.267 e. The van der Waals surface area contributed by atoms with Crippen LogP contribution in [0.25, 0.3) is 0 Å². The van der Waals surface area contributed by atoms with Gasteiger partial charge in [-0.05, 0) is 26.0 Å². The Kier molecular flexibility index (Phi) is 5.17. The minimum Gasteiger partial charge on any atom is -0.485 e. The van der Waals surface area contributed by atoms with Gasteiger partial charge in [0, 0.05) is 44.5 Å². The number of hydrogen-bond donors (Lipinski definition) is 0. The quantitative estimate of drug-likeness (QED) is 0.774. The topological polar surface area (TPSA) is 76.9 Å². The first-order valence-corrected chi connectivity index (χ1v) is 9.88. The molecular weight excluding hydrogens is 372 g/mol. The summed E-state index contributed by atoms with van der Waals surface area (Å²) in [6.45, 7) is 6.14. The van der Waals surface area contributed by atoms with Gasteiger partial charge in [-0.15, -0.1) is 0 Å². The molecule has 1 saturated heterocycles. The van der Waals surface area contributed by atoms with Crippen LogP contribution in [0.1, 0.15) is 17.0 Å². The maximum absolute atomic E-state index is 12.8. The van der Waals surface area contributed by atoms with E-state index in [2.05, 4.69) is 5.10 Å². The van der Waals surface area contributed by atoms with Crippen LogP contribution in [0.15, 0.2) is 24.3 Å². The van der Waals surface area contributed by atoms with Gasteiger partial charge in [0.15, 0.2) is 11.5 Å². The largest absolute Gasteiger partial charge is 0.485 e. The number of amides is 2. The predicted molar refractivity (Wildman–Crippen MR) is 106 cm³/mol. The normalized spacial score (nSPS) is 18.7. The number of rotatable bonds is 3. The molecule has 1 atom stereocenters. The fourth-order valence-corrected chi connectivity index (χ4v) is 3.86. The maximum atomic E-state index is 12.8. The number of fused-ring (bicyclic) bond motifs is 1. The molecule has 0 aliphatic carbocycles. The molecule has 2 aliphatic heterocycles. The molecule has 1 aromatic carbocycles. The highest BCUT2D eigenvalue weighted by molar-refractivity contribution is 5.83. The lowest BCUT2D eigenvalue weighted by Crippen LogP contribution is -2.55. The molecule has 1 fully saturated rings. The van der Waals surface area contributed by atoms with E-state index in [1.165, 1.54) is 0 Å². The van der Waals surface area contributed by atoms with Crippen LogP contribution in [-0.2, 0) is 23.1 Å². The van der Waals surface area contributed by atoms with Crippen LogP contribution < -0.4 is 9.47 Å². The summed E-state index contributed by atoms with van der Waals surface area (Å²) < 4.78 is 13.3. The number of aromatic nitrogens is 2. The first-order valence-electron chi connectivity index (χ1n) is 9.88. The van der Waals surface area contributed by atoms with Gasteiger partial charge in [0.25, 0.3) is 5.91 Å². The highest BCUT2D eigenvalue weighted by atomic mass is 16.6. The number of aryl methyl sites for hydroxylation is 2. The van der Waals surface area contributed by atoms with Gasteiger partial charge in [0.1, 0.15) is 6.61 Å². The van der Waals surface area contributed by atoms with Crippen molar-refractivity contribution in [2.24, 2.45) is 7.05 Å². The zero-order chi connectivity index (χ0) is 20.5. The van der Waals surface area contributed by atoms with Crippen molar-refractivity contribution < 1.29 is 19.1 Å². The third kappa shape index (κ3) is 3.79. The lowest BCUT2D eigenvalue weighted by molar-refractivity contribution is -0.146. The van der Waals surface area contributed by atoms with E-state index in [4.69, 9.17) is 9.47 Å². The third-order valence-corrected chi connectivity index (χ3v) is 5.71. The molecule has 29 heavy (non-hydrogen) atoms. The first-order chi connectivity index (χ1) is 13.9. The van der Waals surface area contributed by atoms with Gasteiger partial charge in [-0.25, -0.2) is 0 Å². The Morgan fingerprint density at radius 3 is 2.38 bits per heavy atom. The molecule has 0 bridgehead atoms. The number of hydrogen-bond acceptors (Lipinski definition) is 5. The molecule has 154 valence electrons. The number of carbonyl (C=O) groups is 2. The van der Waals surface area contributed by atoms with E-state index >= 15 is 0 Å². The van der Waals surface area contributed by atoms with Crippen LogP contribution in [0.4, 0.5) is 0 Å². The summed E-state index contributed by atoms with van der Waals surface area (Å²) in [5.41, 5.74) is 2.89. The smallest absolute Gasteiger partial charge is 0.267 e. The van der Waals surface area contributed by atoms with Crippen molar-refractivity contribution in [1.82, 2.24) is 19.6 Å². The minimum absolute atomic E-state index is 0.0717. The second-order valence-electron chi connectivity index (χ2n) is 7.52. The Morgan fingerprint density at radius 2 is 1.72 bits per heavy atom. The third-order valence-electron chi connectivity index (χ3n) is 5.71. The van der Waals surface area contributed by atoms with Crippen molar-refractivity contribution in [2.45, 2.75) is 26.4 Å². The highest BCUT2D eigenvalue weighted by Gasteiger charge is 2.33. The molecule has 0 spiro atoms. The fourth-order valence-electron chi connectivity index (χ4n) is 3.86. The molecule has 0 unspecified atom stereocenters. The first kappa shape index (κ1) is 19.3. The molecule has 0 saturated carbocycles. The fraction of sp³-hybridized carbons (Fsp3) is 0.476. The van der Waals surface area contributed by atoms with Crippen molar-refractivity contribution in [2.75, 3.05) is 32.8 Å². The van der Waals surface area contributed by atoms with Gasteiger partial charge in [-0.2, -0.15) is 5.10 Å². The van der Waals surface area contributed by atoms with Gasteiger partial charge in [0.2, 0.25) is 12.0 Å². The lowest BCUT2D eigenvalue weighted by Gasteiger charge is -2.37. The second-order valence-corrected chi connectivity index (χ2v) is 7.52. The molecule has 4 rings (SSSR count). The number of para-hydroxylation sites is 2. The van der Waals surface area contributed by atoms with Gasteiger partial charge in [-0.1, -0.05) is 12.1 Å². The molecule has 8 heteroatoms. The minimum atomic E-state index is -0.646. The summed E-state index contributed by atoms with van der Waals surface area (Å²) in [6.07, 6.45) is -0.302. The summed E-state index contributed by atoms with van der Waals surface area (Å²) >= 11 is 0. The van der Waals surface area contributed by atoms with Crippen LogP contribution in [0.2, 0.25) is 0 Å². The number of carbonyl (C=O) groups excluding carboxylic acids is 2. The van der Waals surface area contributed by atoms with E-state index in [-0.39, 0.29) is 18.4 Å². The summed E-state index contributed by atoms with van der Waals surface area (Å²) in [7, 11) is 1.89. The zero-order valence-corrected chi connectivity index (χ0v) is 17.1. The Bertz CT molecular complexity index is 931. The Hall–Kier alpha value is -3.03. The number of ether oxygens (including phenoxy) is 2. The average molecular weight is 398 g/mol. The van der Waals surface area contributed by atoms with Crippen LogP contribution >= 0.6 is 0 Å². The number of benzene rings is 1. The monoisotopic (exact) mass is 398 g/mol. The zero-order valence-electron chi connectivity index (χ0n) is 17.1. The molecular formula is C21H26N4O4. The van der Waals surface area contributed by atoms with E-state index in [1.807, 2.05) is 44.0 Å². The van der Waals surface area contributed by atoms with Crippen LogP contribution in [0.3, 0.4) is 0 Å². The lowest BCUT2D eigenvalue weighted by atomic mass is 10.1. The number of piperazine rings is 1. The van der Waals surface area contributed by atoms with E-state index in [0.717, 1.165) is 17.0 Å². The highest BCUT2D eigenvalue weighted by Crippen LogP contribution is 2.31. The molecule has 1 aromatic heterocycles. The van der Waals surface area contributed by atoms with Crippen LogP contribution in [0, 0.1) is 13.8 Å². The van der Waals surface area contributed by atoms with E-state index in [0.29, 0.717) is 44.1 Å². The molecule has 0 radical (unpaired) electrons. The Balaban J connectivity index is 1.32. The molecule has 2 aromatic rings. The van der Waals surface area contributed by atoms with Crippen molar-refractivity contribution in [3.8, 4) is 11.5 Å². The molecule has 0 N–H and O–H groups in total. The Labute approximate surface area is 170 Å². The van der Waals surface area contributed by atoms with Crippen molar-refractivity contribution in [1.29, 1.82) is 0 Å². The van der Waals surface area contributed by atoms with Crippen molar-refractivity contribution in [3.63, 3.8) is 0 Å². The van der Waals surface area contributed by atoms with E-state index in [1.54, 1.807) is 15.6 Å². The van der Waals surface area contributed by atoms with Crippen LogP contribution in [-0.4, -0.2) is 70.3 Å². The van der Waals surface area contributed by atoms with E-state index < -0.39 is 6.10 Å². The van der Waals surface area contributed by atoms with Gasteiger partial charge >= 0.3 is 0 Å². The van der Waals surface area contributed by atoms with Crippen molar-refractivity contribution in [3.05, 3.63) is 41.2 Å². The Morgan fingerprint density at radius 1 is 1.07 bits per heavy atom. The number of nitrogens with zero attached hydrogens (tertiary/aromatic N) is 4. The van der Waals surface area contributed by atoms with Crippen molar-refractivity contribution >= 4 is 11.8 Å². The second kappa shape index (κ2) is 7.77. The molecule has 2 aliphatic rings. The predicted octanol–water partition coefficient (Wildman–Crippen LogP) is 1.09. The summed E-state index contributed by atoms with van der Waals surface area (Å²) in [5.74, 6) is 1.23. The average Bonchev–Trinajstić information content (AvgIpc) is 2.99. The molecule has 2 amide bonds. The van der Waals surface area contributed by atoms with Gasteiger partial charge in [0.05, 0.1) is 12.1 Å². The van der Waals surface area contributed by atoms with Gasteiger partial charge < -0.3 is 19.3 Å². The van der Waals surface area contributed by atoms with Crippen LogP contribution in [0.5, 0.6) is 11.5 Å². The molecule has 8 nitrogen and oxygen atoms in total.